The van der Waals surface area contributed by atoms with Crippen LogP contribution in [-0.2, 0) is 0 Å². The number of hydrogen-bond acceptors (Lipinski definition) is 4. The molecule has 4 heteroatoms. The first-order valence-corrected chi connectivity index (χ1v) is 7.67. The van der Waals surface area contributed by atoms with Gasteiger partial charge in [0, 0.05) is 22.0 Å². The van der Waals surface area contributed by atoms with Gasteiger partial charge >= 0.3 is 0 Å². The Bertz CT molecular complexity index is 1020. The van der Waals surface area contributed by atoms with E-state index in [1.807, 2.05) is 66.7 Å². The minimum absolute atomic E-state index is 0.0830. The summed E-state index contributed by atoms with van der Waals surface area (Å²) in [7, 11) is 0. The Morgan fingerprint density at radius 1 is 0.833 bits per heavy atom. The second-order valence-corrected chi connectivity index (χ2v) is 5.61. The molecule has 0 saturated carbocycles. The van der Waals surface area contributed by atoms with Crippen molar-refractivity contribution in [2.24, 2.45) is 5.10 Å². The van der Waals surface area contributed by atoms with Gasteiger partial charge in [-0.2, -0.15) is 5.10 Å². The van der Waals surface area contributed by atoms with E-state index >= 15 is 0 Å². The Morgan fingerprint density at radius 2 is 1.62 bits per heavy atom. The molecule has 3 aromatic carbocycles. The SMILES string of the molecule is Nc1cccc2c(N/N=C3/C=Cc4ccccc4C3=O)cccc12. The quantitative estimate of drug-likeness (QED) is 0.553. The number of carbonyl (C=O) groups is 1. The molecule has 0 atom stereocenters. The standard InChI is InChI=1S/C20H15N3O/c21-17-9-3-8-16-15(17)7-4-10-18(16)22-23-19-12-11-13-5-1-2-6-14(13)20(19)24/h1-12,22H,21H2/b23-19-. The van der Waals surface area contributed by atoms with Gasteiger partial charge in [-0.25, -0.2) is 0 Å². The van der Waals surface area contributed by atoms with E-state index < -0.39 is 0 Å². The van der Waals surface area contributed by atoms with Crippen molar-refractivity contribution in [3.8, 4) is 0 Å². The highest BCUT2D eigenvalue weighted by Crippen LogP contribution is 2.27. The molecular weight excluding hydrogens is 298 g/mol. The third kappa shape index (κ3) is 2.34. The van der Waals surface area contributed by atoms with Crippen LogP contribution in [0.3, 0.4) is 0 Å². The Labute approximate surface area is 139 Å². The van der Waals surface area contributed by atoms with Crippen LogP contribution >= 0.6 is 0 Å². The number of hydrazone groups is 1. The molecule has 0 saturated heterocycles. The summed E-state index contributed by atoms with van der Waals surface area (Å²) in [6.07, 6.45) is 3.63. The lowest BCUT2D eigenvalue weighted by molar-refractivity contribution is 0.106. The number of allylic oxidation sites excluding steroid dienone is 1. The molecule has 4 rings (SSSR count). The maximum Gasteiger partial charge on any atom is 0.213 e. The van der Waals surface area contributed by atoms with Gasteiger partial charge in [0.15, 0.2) is 0 Å². The maximum absolute atomic E-state index is 12.5. The molecule has 1 aliphatic rings. The van der Waals surface area contributed by atoms with Crippen LogP contribution < -0.4 is 11.2 Å². The number of ketones is 1. The van der Waals surface area contributed by atoms with Crippen LogP contribution in [0.5, 0.6) is 0 Å². The zero-order chi connectivity index (χ0) is 16.5. The molecule has 0 bridgehead atoms. The second kappa shape index (κ2) is 5.66. The number of anilines is 2. The summed E-state index contributed by atoms with van der Waals surface area (Å²) in [4.78, 5) is 12.5. The smallest absolute Gasteiger partial charge is 0.213 e. The summed E-state index contributed by atoms with van der Waals surface area (Å²) in [6.45, 7) is 0. The fraction of sp³-hybridized carbons (Fsp3) is 0. The summed E-state index contributed by atoms with van der Waals surface area (Å²) in [5.74, 6) is -0.0830. The van der Waals surface area contributed by atoms with Crippen LogP contribution in [-0.4, -0.2) is 11.5 Å². The number of fused-ring (bicyclic) bond motifs is 2. The number of nitrogens with two attached hydrogens (primary N) is 1. The van der Waals surface area contributed by atoms with Crippen molar-refractivity contribution in [1.82, 2.24) is 0 Å². The fourth-order valence-corrected chi connectivity index (χ4v) is 2.87. The molecule has 0 heterocycles. The number of nitrogens with one attached hydrogen (secondary N) is 1. The van der Waals surface area contributed by atoms with E-state index in [-0.39, 0.29) is 5.78 Å². The van der Waals surface area contributed by atoms with Crippen molar-refractivity contribution in [3.63, 3.8) is 0 Å². The van der Waals surface area contributed by atoms with Crippen molar-refractivity contribution >= 4 is 39.7 Å². The Morgan fingerprint density at radius 3 is 2.54 bits per heavy atom. The zero-order valence-corrected chi connectivity index (χ0v) is 12.9. The Kier molecular flexibility index (Phi) is 3.35. The summed E-state index contributed by atoms with van der Waals surface area (Å²) in [6, 6.07) is 19.0. The summed E-state index contributed by atoms with van der Waals surface area (Å²) < 4.78 is 0. The lowest BCUT2D eigenvalue weighted by Gasteiger charge is -2.12. The molecule has 3 aromatic rings. The number of hydrogen-bond donors (Lipinski definition) is 2. The van der Waals surface area contributed by atoms with Gasteiger partial charge < -0.3 is 5.73 Å². The van der Waals surface area contributed by atoms with Crippen LogP contribution in [0, 0.1) is 0 Å². The number of Topliss-reactive ketones (excluding diaryl/α,β-unsaturated/α-hetero) is 1. The van der Waals surface area contributed by atoms with Gasteiger partial charge in [-0.05, 0) is 23.8 Å². The largest absolute Gasteiger partial charge is 0.398 e. The summed E-state index contributed by atoms with van der Waals surface area (Å²) >= 11 is 0. The molecule has 1 aliphatic carbocycles. The van der Waals surface area contributed by atoms with Crippen LogP contribution in [0.25, 0.3) is 16.8 Å². The van der Waals surface area contributed by atoms with Gasteiger partial charge in [-0.15, -0.1) is 0 Å². The highest BCUT2D eigenvalue weighted by Gasteiger charge is 2.18. The topological polar surface area (TPSA) is 67.5 Å². The van der Waals surface area contributed by atoms with Crippen LogP contribution in [0.1, 0.15) is 15.9 Å². The van der Waals surface area contributed by atoms with Crippen molar-refractivity contribution in [2.75, 3.05) is 11.2 Å². The van der Waals surface area contributed by atoms with E-state index in [1.165, 1.54) is 0 Å². The molecule has 0 unspecified atom stereocenters. The Balaban J connectivity index is 1.70. The third-order valence-corrected chi connectivity index (χ3v) is 4.11. The molecule has 3 N–H and O–H groups in total. The van der Waals surface area contributed by atoms with Crippen LogP contribution in [0.15, 0.2) is 71.8 Å². The predicted octanol–water partition coefficient (Wildman–Crippen LogP) is 4.10. The van der Waals surface area contributed by atoms with Crippen LogP contribution in [0.4, 0.5) is 11.4 Å². The highest BCUT2D eigenvalue weighted by atomic mass is 16.1. The first-order chi connectivity index (χ1) is 11.7. The number of nitrogens with zero attached hydrogens (tertiary/aromatic N) is 1. The third-order valence-electron chi connectivity index (χ3n) is 4.11. The van der Waals surface area contributed by atoms with Crippen molar-refractivity contribution < 1.29 is 4.79 Å². The lowest BCUT2D eigenvalue weighted by atomic mass is 9.95. The van der Waals surface area contributed by atoms with Crippen molar-refractivity contribution in [3.05, 3.63) is 77.9 Å². The van der Waals surface area contributed by atoms with Gasteiger partial charge in [-0.3, -0.25) is 10.2 Å². The first kappa shape index (κ1) is 14.2. The average Bonchev–Trinajstić information content (AvgIpc) is 2.62. The molecule has 0 radical (unpaired) electrons. The van der Waals surface area contributed by atoms with Gasteiger partial charge in [0.05, 0.1) is 5.69 Å². The van der Waals surface area contributed by atoms with Gasteiger partial charge in [-0.1, -0.05) is 54.6 Å². The summed E-state index contributed by atoms with van der Waals surface area (Å²) in [5, 5.41) is 6.23. The monoisotopic (exact) mass is 313 g/mol. The number of carbonyl (C=O) groups excluding carboxylic acids is 1. The van der Waals surface area contributed by atoms with E-state index in [4.69, 9.17) is 5.73 Å². The van der Waals surface area contributed by atoms with Crippen molar-refractivity contribution in [2.45, 2.75) is 0 Å². The number of benzene rings is 3. The van der Waals surface area contributed by atoms with Gasteiger partial charge in [0.2, 0.25) is 5.78 Å². The normalized spacial score (nSPS) is 14.8. The molecule has 4 nitrogen and oxygen atoms in total. The minimum Gasteiger partial charge on any atom is -0.398 e. The maximum atomic E-state index is 12.5. The van der Waals surface area contributed by atoms with E-state index in [0.717, 1.165) is 22.0 Å². The summed E-state index contributed by atoms with van der Waals surface area (Å²) in [5.41, 5.74) is 12.5. The predicted molar refractivity (Wildman–Crippen MR) is 99.2 cm³/mol. The van der Waals surface area contributed by atoms with E-state index in [2.05, 4.69) is 10.5 Å². The number of nitrogen functional groups attached to an aromatic ring is 1. The number of rotatable bonds is 2. The molecule has 0 fully saturated rings. The molecule has 0 spiro atoms. The molecular formula is C20H15N3O. The first-order valence-electron chi connectivity index (χ1n) is 7.67. The lowest BCUT2D eigenvalue weighted by Crippen LogP contribution is -2.18. The fourth-order valence-electron chi connectivity index (χ4n) is 2.87. The highest BCUT2D eigenvalue weighted by molar-refractivity contribution is 6.52. The van der Waals surface area contributed by atoms with Crippen molar-refractivity contribution in [1.29, 1.82) is 0 Å². The minimum atomic E-state index is -0.0830. The molecule has 24 heavy (non-hydrogen) atoms. The molecule has 0 aliphatic heterocycles. The van der Waals surface area contributed by atoms with Gasteiger partial charge in [0.1, 0.15) is 5.71 Å². The van der Waals surface area contributed by atoms with E-state index in [9.17, 15) is 4.79 Å². The Hall–Kier alpha value is -3.40. The van der Waals surface area contributed by atoms with E-state index in [1.54, 1.807) is 6.08 Å². The second-order valence-electron chi connectivity index (χ2n) is 5.61. The average molecular weight is 313 g/mol. The van der Waals surface area contributed by atoms with Crippen LogP contribution in [0.2, 0.25) is 0 Å². The van der Waals surface area contributed by atoms with E-state index in [0.29, 0.717) is 17.0 Å². The molecule has 0 aromatic heterocycles. The zero-order valence-electron chi connectivity index (χ0n) is 12.9. The molecule has 0 amide bonds. The van der Waals surface area contributed by atoms with Gasteiger partial charge in [0.25, 0.3) is 0 Å². The molecule has 116 valence electrons.